The highest BCUT2D eigenvalue weighted by Crippen LogP contribution is 2.24. The molecule has 164 valence electrons. The molecule has 4 atom stereocenters. The first-order valence-corrected chi connectivity index (χ1v) is 11.0. The molecule has 29 heavy (non-hydrogen) atoms. The van der Waals surface area contributed by atoms with Gasteiger partial charge in [-0.1, -0.05) is 34.6 Å². The maximum atomic E-state index is 13.1. The number of rotatable bonds is 7. The number of nitrogens with one attached hydrogen (secondary N) is 1. The van der Waals surface area contributed by atoms with Crippen molar-refractivity contribution in [3.63, 3.8) is 0 Å². The summed E-state index contributed by atoms with van der Waals surface area (Å²) >= 11 is 0. The van der Waals surface area contributed by atoms with Crippen LogP contribution in [0.2, 0.25) is 0 Å². The lowest BCUT2D eigenvalue weighted by Crippen LogP contribution is -2.57. The van der Waals surface area contributed by atoms with Crippen LogP contribution in [0.3, 0.4) is 0 Å². The molecule has 2 saturated heterocycles. The van der Waals surface area contributed by atoms with Gasteiger partial charge in [0.15, 0.2) is 5.78 Å². The average molecular weight is 408 g/mol. The number of amides is 3. The summed E-state index contributed by atoms with van der Waals surface area (Å²) in [4.78, 5) is 54.2. The highest BCUT2D eigenvalue weighted by molar-refractivity contribution is 5.95. The molecule has 0 aromatic rings. The predicted molar refractivity (Wildman–Crippen MR) is 111 cm³/mol. The quantitative estimate of drug-likeness (QED) is 0.699. The molecule has 0 aromatic carbocycles. The molecule has 2 fully saturated rings. The summed E-state index contributed by atoms with van der Waals surface area (Å²) in [5, 5.41) is 2.91. The van der Waals surface area contributed by atoms with Gasteiger partial charge in [-0.05, 0) is 44.4 Å². The zero-order valence-electron chi connectivity index (χ0n) is 18.7. The minimum absolute atomic E-state index is 0.00117. The standard InChI is InChI=1S/C22H37N3O4/c1-13(2)15(5)21(28)25-12-8-10-18(25)20(27)23-19(14(3)4)22(29)24-11-7-9-17(24)16(6)26/h13-15,17-19H,7-12H2,1-6H3,(H,23,27). The summed E-state index contributed by atoms with van der Waals surface area (Å²) in [6.07, 6.45) is 2.87. The second-order valence-corrected chi connectivity index (χ2v) is 9.25. The third-order valence-electron chi connectivity index (χ3n) is 6.46. The van der Waals surface area contributed by atoms with Crippen molar-refractivity contribution in [2.24, 2.45) is 17.8 Å². The second kappa shape index (κ2) is 9.72. The Morgan fingerprint density at radius 3 is 1.79 bits per heavy atom. The van der Waals surface area contributed by atoms with Gasteiger partial charge in [0, 0.05) is 19.0 Å². The Morgan fingerprint density at radius 2 is 1.31 bits per heavy atom. The largest absolute Gasteiger partial charge is 0.342 e. The molecule has 0 aliphatic carbocycles. The van der Waals surface area contributed by atoms with Gasteiger partial charge in [0.05, 0.1) is 6.04 Å². The van der Waals surface area contributed by atoms with Gasteiger partial charge in [-0.3, -0.25) is 19.2 Å². The Morgan fingerprint density at radius 1 is 0.793 bits per heavy atom. The van der Waals surface area contributed by atoms with Crippen molar-refractivity contribution in [1.82, 2.24) is 15.1 Å². The molecule has 4 unspecified atom stereocenters. The second-order valence-electron chi connectivity index (χ2n) is 9.25. The Labute approximate surface area is 174 Å². The Kier molecular flexibility index (Phi) is 7.83. The molecule has 2 heterocycles. The minimum Gasteiger partial charge on any atom is -0.342 e. The smallest absolute Gasteiger partial charge is 0.246 e. The van der Waals surface area contributed by atoms with E-state index in [4.69, 9.17) is 0 Å². The third kappa shape index (κ3) is 5.17. The number of carbonyl (C=O) groups is 4. The Hall–Kier alpha value is -1.92. The zero-order valence-corrected chi connectivity index (χ0v) is 18.7. The molecule has 3 amide bonds. The summed E-state index contributed by atoms with van der Waals surface area (Å²) in [6, 6.07) is -1.61. The lowest BCUT2D eigenvalue weighted by atomic mass is 9.96. The molecule has 0 radical (unpaired) electrons. The lowest BCUT2D eigenvalue weighted by molar-refractivity contribution is -0.145. The number of hydrogen-bond acceptors (Lipinski definition) is 4. The van der Waals surface area contributed by atoms with Crippen molar-refractivity contribution in [1.29, 1.82) is 0 Å². The van der Waals surface area contributed by atoms with Crippen LogP contribution in [-0.2, 0) is 19.2 Å². The molecule has 0 saturated carbocycles. The van der Waals surface area contributed by atoms with Crippen molar-refractivity contribution in [2.75, 3.05) is 13.1 Å². The van der Waals surface area contributed by atoms with Gasteiger partial charge in [-0.15, -0.1) is 0 Å². The summed E-state index contributed by atoms with van der Waals surface area (Å²) < 4.78 is 0. The predicted octanol–water partition coefficient (Wildman–Crippen LogP) is 1.99. The summed E-state index contributed by atoms with van der Waals surface area (Å²) in [5.41, 5.74) is 0. The van der Waals surface area contributed by atoms with E-state index in [1.807, 2.05) is 34.6 Å². The molecule has 7 heteroatoms. The molecular weight excluding hydrogens is 370 g/mol. The first-order valence-electron chi connectivity index (χ1n) is 11.0. The van der Waals surface area contributed by atoms with Gasteiger partial charge in [0.2, 0.25) is 17.7 Å². The first kappa shape index (κ1) is 23.4. The maximum Gasteiger partial charge on any atom is 0.246 e. The van der Waals surface area contributed by atoms with Crippen LogP contribution in [0.4, 0.5) is 0 Å². The van der Waals surface area contributed by atoms with E-state index in [0.717, 1.165) is 12.8 Å². The number of ketones is 1. The fourth-order valence-corrected chi connectivity index (χ4v) is 4.24. The minimum atomic E-state index is -0.692. The van der Waals surface area contributed by atoms with Crippen molar-refractivity contribution in [2.45, 2.75) is 85.4 Å². The van der Waals surface area contributed by atoms with Gasteiger partial charge in [0.1, 0.15) is 12.1 Å². The van der Waals surface area contributed by atoms with Crippen LogP contribution < -0.4 is 5.32 Å². The van der Waals surface area contributed by atoms with Gasteiger partial charge < -0.3 is 15.1 Å². The van der Waals surface area contributed by atoms with Crippen LogP contribution in [0.1, 0.15) is 67.2 Å². The first-order chi connectivity index (χ1) is 13.6. The van der Waals surface area contributed by atoms with E-state index in [9.17, 15) is 19.2 Å². The zero-order chi connectivity index (χ0) is 21.9. The fraction of sp³-hybridized carbons (Fsp3) is 0.818. The molecule has 1 N–H and O–H groups in total. The van der Waals surface area contributed by atoms with Gasteiger partial charge in [-0.25, -0.2) is 0 Å². The van der Waals surface area contributed by atoms with Crippen LogP contribution in [0, 0.1) is 17.8 Å². The normalized spacial score (nSPS) is 24.1. The van der Waals surface area contributed by atoms with Crippen molar-refractivity contribution >= 4 is 23.5 Å². The summed E-state index contributed by atoms with van der Waals surface area (Å²) in [5.74, 6) is -0.529. The average Bonchev–Trinajstić information content (AvgIpc) is 3.32. The highest BCUT2D eigenvalue weighted by Gasteiger charge is 2.41. The monoisotopic (exact) mass is 407 g/mol. The summed E-state index contributed by atoms with van der Waals surface area (Å²) in [6.45, 7) is 12.3. The SMILES string of the molecule is CC(=O)C1CCCN1C(=O)C(NC(=O)C1CCCN1C(=O)C(C)C(C)C)C(C)C. The van der Waals surface area contributed by atoms with Crippen LogP contribution >= 0.6 is 0 Å². The molecule has 7 nitrogen and oxygen atoms in total. The van der Waals surface area contributed by atoms with E-state index < -0.39 is 18.1 Å². The van der Waals surface area contributed by atoms with Crippen molar-refractivity contribution in [3.05, 3.63) is 0 Å². The number of likely N-dealkylation sites (tertiary alicyclic amines) is 2. The number of hydrogen-bond donors (Lipinski definition) is 1. The number of nitrogens with zero attached hydrogens (tertiary/aromatic N) is 2. The molecular formula is C22H37N3O4. The van der Waals surface area contributed by atoms with Crippen LogP contribution in [-0.4, -0.2) is 64.5 Å². The van der Waals surface area contributed by atoms with E-state index in [2.05, 4.69) is 5.32 Å². The molecule has 2 aliphatic rings. The highest BCUT2D eigenvalue weighted by atomic mass is 16.2. The summed E-state index contributed by atoms with van der Waals surface area (Å²) in [7, 11) is 0. The van der Waals surface area contributed by atoms with Crippen LogP contribution in [0.15, 0.2) is 0 Å². The van der Waals surface area contributed by atoms with Gasteiger partial charge in [-0.2, -0.15) is 0 Å². The van der Waals surface area contributed by atoms with E-state index in [1.54, 1.807) is 9.80 Å². The molecule has 0 spiro atoms. The van der Waals surface area contributed by atoms with E-state index in [1.165, 1.54) is 6.92 Å². The molecule has 2 aliphatic heterocycles. The van der Waals surface area contributed by atoms with Crippen LogP contribution in [0.5, 0.6) is 0 Å². The molecule has 0 bridgehead atoms. The topological polar surface area (TPSA) is 86.8 Å². The van der Waals surface area contributed by atoms with Crippen molar-refractivity contribution in [3.8, 4) is 0 Å². The third-order valence-corrected chi connectivity index (χ3v) is 6.46. The number of Topliss-reactive ketones (excluding diaryl/α,β-unsaturated/α-hetero) is 1. The van der Waals surface area contributed by atoms with Gasteiger partial charge >= 0.3 is 0 Å². The van der Waals surface area contributed by atoms with E-state index in [-0.39, 0.29) is 41.3 Å². The Bertz CT molecular complexity index is 646. The van der Waals surface area contributed by atoms with E-state index in [0.29, 0.717) is 25.9 Å². The molecule has 2 rings (SSSR count). The number of carbonyl (C=O) groups excluding carboxylic acids is 4. The Balaban J connectivity index is 2.11. The van der Waals surface area contributed by atoms with Gasteiger partial charge in [0.25, 0.3) is 0 Å². The maximum absolute atomic E-state index is 13.1. The lowest BCUT2D eigenvalue weighted by Gasteiger charge is -2.32. The van der Waals surface area contributed by atoms with Crippen molar-refractivity contribution < 1.29 is 19.2 Å². The fourth-order valence-electron chi connectivity index (χ4n) is 4.24. The van der Waals surface area contributed by atoms with E-state index >= 15 is 0 Å². The molecule has 0 aromatic heterocycles. The van der Waals surface area contributed by atoms with Crippen LogP contribution in [0.25, 0.3) is 0 Å².